The highest BCUT2D eigenvalue weighted by atomic mass is 32.2. The van der Waals surface area contributed by atoms with Crippen molar-refractivity contribution in [2.24, 2.45) is 5.14 Å². The third-order valence-corrected chi connectivity index (χ3v) is 3.26. The summed E-state index contributed by atoms with van der Waals surface area (Å²) in [6.45, 7) is 2.92. The lowest BCUT2D eigenvalue weighted by atomic mass is 10.2. The van der Waals surface area contributed by atoms with Gasteiger partial charge in [0.1, 0.15) is 0 Å². The minimum Gasteiger partial charge on any atom is -0.399 e. The van der Waals surface area contributed by atoms with Gasteiger partial charge in [0.05, 0.1) is 4.90 Å². The molecule has 0 spiro atoms. The van der Waals surface area contributed by atoms with Crippen molar-refractivity contribution in [3.8, 4) is 0 Å². The van der Waals surface area contributed by atoms with Crippen LogP contribution in [0.25, 0.3) is 0 Å². The van der Waals surface area contributed by atoms with E-state index in [1.807, 2.05) is 0 Å². The lowest BCUT2D eigenvalue weighted by molar-refractivity contribution is 0.598. The molecule has 17 heavy (non-hydrogen) atoms. The van der Waals surface area contributed by atoms with E-state index in [4.69, 9.17) is 10.9 Å². The Morgan fingerprint density at radius 2 is 1.94 bits per heavy atom. The summed E-state index contributed by atoms with van der Waals surface area (Å²) in [6.07, 6.45) is 3.31. The van der Waals surface area contributed by atoms with Gasteiger partial charge in [-0.15, -0.1) is 0 Å². The van der Waals surface area contributed by atoms with Crippen LogP contribution in [0.4, 0.5) is 11.4 Å². The van der Waals surface area contributed by atoms with Crippen LogP contribution in [0.2, 0.25) is 0 Å². The Morgan fingerprint density at radius 1 is 1.24 bits per heavy atom. The third-order valence-electron chi connectivity index (χ3n) is 2.37. The minimum atomic E-state index is -3.70. The zero-order chi connectivity index (χ0) is 12.9. The van der Waals surface area contributed by atoms with Crippen molar-refractivity contribution in [3.63, 3.8) is 0 Å². The first-order chi connectivity index (χ1) is 7.93. The molecule has 0 fully saturated rings. The van der Waals surface area contributed by atoms with Crippen molar-refractivity contribution < 1.29 is 8.42 Å². The molecule has 0 bridgehead atoms. The number of nitrogens with one attached hydrogen (secondary N) is 1. The van der Waals surface area contributed by atoms with Crippen molar-refractivity contribution in [2.45, 2.75) is 31.1 Å². The molecule has 0 saturated carbocycles. The predicted octanol–water partition coefficient (Wildman–Crippen LogP) is 1.52. The molecule has 1 aromatic carbocycles. The quantitative estimate of drug-likeness (QED) is 0.531. The van der Waals surface area contributed by atoms with Crippen LogP contribution in [0.1, 0.15) is 26.2 Å². The average molecular weight is 257 g/mol. The number of anilines is 2. The predicted molar refractivity (Wildman–Crippen MR) is 70.2 cm³/mol. The second-order valence-electron chi connectivity index (χ2n) is 3.97. The number of hydrogen-bond donors (Lipinski definition) is 3. The van der Waals surface area contributed by atoms with Crippen molar-refractivity contribution >= 4 is 21.4 Å². The molecule has 1 aromatic rings. The Kier molecular flexibility index (Phi) is 4.77. The summed E-state index contributed by atoms with van der Waals surface area (Å²) in [5.41, 5.74) is 6.70. The summed E-state index contributed by atoms with van der Waals surface area (Å²) in [6, 6.07) is 4.55. The summed E-state index contributed by atoms with van der Waals surface area (Å²) < 4.78 is 22.4. The first kappa shape index (κ1) is 13.8. The van der Waals surface area contributed by atoms with Gasteiger partial charge in [0, 0.05) is 17.9 Å². The molecule has 6 heteroatoms. The number of primary sulfonamides is 1. The Balaban J connectivity index is 2.77. The SMILES string of the molecule is CCCCCNc1cc(N)cc(S(N)(=O)=O)c1. The summed E-state index contributed by atoms with van der Waals surface area (Å²) in [4.78, 5) is 0.0375. The Labute approximate surface area is 102 Å². The Hall–Kier alpha value is -1.27. The van der Waals surface area contributed by atoms with Crippen LogP contribution in [0.5, 0.6) is 0 Å². The fourth-order valence-corrected chi connectivity index (χ4v) is 2.09. The van der Waals surface area contributed by atoms with Crippen LogP contribution < -0.4 is 16.2 Å². The second kappa shape index (κ2) is 5.88. The van der Waals surface area contributed by atoms with Crippen molar-refractivity contribution in [2.75, 3.05) is 17.6 Å². The van der Waals surface area contributed by atoms with Gasteiger partial charge in [-0.2, -0.15) is 0 Å². The van der Waals surface area contributed by atoms with E-state index in [9.17, 15) is 8.42 Å². The van der Waals surface area contributed by atoms with Crippen molar-refractivity contribution in [1.82, 2.24) is 0 Å². The van der Waals surface area contributed by atoms with E-state index in [1.165, 1.54) is 12.1 Å². The fraction of sp³-hybridized carbons (Fsp3) is 0.455. The van der Waals surface area contributed by atoms with Gasteiger partial charge in [-0.05, 0) is 24.6 Å². The molecule has 0 aliphatic carbocycles. The largest absolute Gasteiger partial charge is 0.399 e. The molecule has 0 atom stereocenters. The summed E-state index contributed by atoms with van der Waals surface area (Å²) in [5.74, 6) is 0. The topological polar surface area (TPSA) is 98.2 Å². The number of rotatable bonds is 6. The van der Waals surface area contributed by atoms with Crippen molar-refractivity contribution in [1.29, 1.82) is 0 Å². The molecule has 0 radical (unpaired) electrons. The highest BCUT2D eigenvalue weighted by Gasteiger charge is 2.09. The first-order valence-corrected chi connectivity index (χ1v) is 7.15. The van der Waals surface area contributed by atoms with E-state index in [2.05, 4.69) is 12.2 Å². The number of sulfonamides is 1. The minimum absolute atomic E-state index is 0.0375. The second-order valence-corrected chi connectivity index (χ2v) is 5.53. The molecule has 96 valence electrons. The number of benzene rings is 1. The van der Waals surface area contributed by atoms with Crippen LogP contribution in [-0.2, 0) is 10.0 Å². The van der Waals surface area contributed by atoms with E-state index >= 15 is 0 Å². The van der Waals surface area contributed by atoms with Crippen LogP contribution in [0.3, 0.4) is 0 Å². The molecule has 0 amide bonds. The van der Waals surface area contributed by atoms with E-state index < -0.39 is 10.0 Å². The molecular weight excluding hydrogens is 238 g/mol. The van der Waals surface area contributed by atoms with Gasteiger partial charge in [0.2, 0.25) is 10.0 Å². The zero-order valence-electron chi connectivity index (χ0n) is 9.94. The summed E-state index contributed by atoms with van der Waals surface area (Å²) in [7, 11) is -3.70. The van der Waals surface area contributed by atoms with E-state index in [0.29, 0.717) is 11.4 Å². The molecular formula is C11H19N3O2S. The zero-order valence-corrected chi connectivity index (χ0v) is 10.8. The van der Waals surface area contributed by atoms with E-state index in [0.717, 1.165) is 25.8 Å². The van der Waals surface area contributed by atoms with Gasteiger partial charge in [-0.25, -0.2) is 13.6 Å². The third kappa shape index (κ3) is 4.62. The maximum absolute atomic E-state index is 11.2. The molecule has 0 saturated heterocycles. The number of nitrogen functional groups attached to an aromatic ring is 1. The van der Waals surface area contributed by atoms with Gasteiger partial charge in [0.15, 0.2) is 0 Å². The molecule has 0 aliphatic heterocycles. The highest BCUT2D eigenvalue weighted by Crippen LogP contribution is 2.19. The maximum Gasteiger partial charge on any atom is 0.238 e. The molecule has 5 nitrogen and oxygen atoms in total. The van der Waals surface area contributed by atoms with Gasteiger partial charge in [0.25, 0.3) is 0 Å². The van der Waals surface area contributed by atoms with Crippen LogP contribution in [0.15, 0.2) is 23.1 Å². The monoisotopic (exact) mass is 257 g/mol. The first-order valence-electron chi connectivity index (χ1n) is 5.60. The lowest BCUT2D eigenvalue weighted by Crippen LogP contribution is -2.13. The fourth-order valence-electron chi connectivity index (χ4n) is 1.50. The number of unbranched alkanes of at least 4 members (excludes halogenated alkanes) is 2. The highest BCUT2D eigenvalue weighted by molar-refractivity contribution is 7.89. The molecule has 0 aromatic heterocycles. The summed E-state index contributed by atoms with van der Waals surface area (Å²) >= 11 is 0. The molecule has 5 N–H and O–H groups in total. The van der Waals surface area contributed by atoms with E-state index in [1.54, 1.807) is 6.07 Å². The van der Waals surface area contributed by atoms with Crippen LogP contribution >= 0.6 is 0 Å². The molecule has 0 aliphatic rings. The standard InChI is InChI=1S/C11H19N3O2S/c1-2-3-4-5-14-10-6-9(12)7-11(8-10)17(13,15)16/h6-8,14H,2-5,12H2,1H3,(H2,13,15,16). The van der Waals surface area contributed by atoms with Crippen molar-refractivity contribution in [3.05, 3.63) is 18.2 Å². The smallest absolute Gasteiger partial charge is 0.238 e. The van der Waals surface area contributed by atoms with Gasteiger partial charge in [-0.1, -0.05) is 19.8 Å². The Bertz CT molecular complexity index is 472. The van der Waals surface area contributed by atoms with Gasteiger partial charge >= 0.3 is 0 Å². The molecule has 0 unspecified atom stereocenters. The number of hydrogen-bond acceptors (Lipinski definition) is 4. The number of nitrogens with two attached hydrogens (primary N) is 2. The van der Waals surface area contributed by atoms with Crippen LogP contribution in [-0.4, -0.2) is 15.0 Å². The molecule has 0 heterocycles. The molecule has 1 rings (SSSR count). The van der Waals surface area contributed by atoms with Crippen LogP contribution in [0, 0.1) is 0 Å². The normalized spacial score (nSPS) is 11.4. The van der Waals surface area contributed by atoms with E-state index in [-0.39, 0.29) is 4.90 Å². The maximum atomic E-state index is 11.2. The van der Waals surface area contributed by atoms with Gasteiger partial charge < -0.3 is 11.1 Å². The summed E-state index contributed by atoms with van der Waals surface area (Å²) in [5, 5.41) is 8.19. The Morgan fingerprint density at radius 3 is 2.53 bits per heavy atom. The lowest BCUT2D eigenvalue weighted by Gasteiger charge is -2.08. The average Bonchev–Trinajstić information content (AvgIpc) is 2.22. The van der Waals surface area contributed by atoms with Gasteiger partial charge in [-0.3, -0.25) is 0 Å².